The molecule has 5 heteroatoms. The van der Waals surface area contributed by atoms with Gasteiger partial charge in [-0.05, 0) is 0 Å². The molecule has 0 aromatic heterocycles. The van der Waals surface area contributed by atoms with Gasteiger partial charge in [0.15, 0.2) is 0 Å². The van der Waals surface area contributed by atoms with Gasteiger partial charge in [-0.25, -0.2) is 0 Å². The molecule has 0 aliphatic heterocycles. The van der Waals surface area contributed by atoms with Crippen LogP contribution in [0, 0.1) is 0 Å². The van der Waals surface area contributed by atoms with E-state index in [9.17, 15) is 8.42 Å². The maximum absolute atomic E-state index is 11.0. The van der Waals surface area contributed by atoms with Crippen LogP contribution >= 0.6 is 19.8 Å². The van der Waals surface area contributed by atoms with Crippen molar-refractivity contribution in [3.63, 3.8) is 0 Å². The molecule has 2 N–H and O–H groups in total. The van der Waals surface area contributed by atoms with E-state index in [1.165, 1.54) is 5.56 Å². The van der Waals surface area contributed by atoms with E-state index in [0.717, 1.165) is 0 Å². The summed E-state index contributed by atoms with van der Waals surface area (Å²) in [5, 5.41) is 5.02. The summed E-state index contributed by atoms with van der Waals surface area (Å²) in [5.41, 5.74) is 1.21. The second kappa shape index (κ2) is 4.80. The first-order valence-corrected chi connectivity index (χ1v) is 11.5. The number of nitrogens with two attached hydrogens (primary N) is 1. The summed E-state index contributed by atoms with van der Waals surface area (Å²) in [7, 11) is -3.55. The Labute approximate surface area is 98.5 Å². The first-order chi connectivity index (χ1) is 6.82. The Kier molecular flexibility index (Phi) is 4.13. The van der Waals surface area contributed by atoms with Crippen LogP contribution in [0.2, 0.25) is 0 Å². The molecule has 1 unspecified atom stereocenters. The normalized spacial score (nSPS) is 14.8. The van der Waals surface area contributed by atoms with Gasteiger partial charge in [0, 0.05) is 0 Å². The molecule has 1 rings (SSSR count). The standard InChI is InChI=1S/C10H16INO2S/c1-8(11(2)3)9-4-6-10(7-5-9)15(12,13)14/h4-8H,1-3H3,(H2,12,13,14). The van der Waals surface area contributed by atoms with Crippen LogP contribution in [0.15, 0.2) is 29.2 Å². The van der Waals surface area contributed by atoms with Crippen molar-refractivity contribution in [1.82, 2.24) is 0 Å². The van der Waals surface area contributed by atoms with Gasteiger partial charge in [-0.1, -0.05) is 0 Å². The minimum atomic E-state index is -3.55. The molecule has 0 aliphatic rings. The van der Waals surface area contributed by atoms with Crippen molar-refractivity contribution < 1.29 is 8.42 Å². The molecule has 1 aromatic rings. The fourth-order valence-corrected chi connectivity index (χ4v) is 3.54. The molecule has 0 radical (unpaired) electrons. The van der Waals surface area contributed by atoms with Crippen LogP contribution in [-0.2, 0) is 10.0 Å². The van der Waals surface area contributed by atoms with Gasteiger partial charge in [-0.2, -0.15) is 0 Å². The fourth-order valence-electron chi connectivity index (χ4n) is 1.17. The molecule has 0 amide bonds. The number of rotatable bonds is 3. The molecule has 0 spiro atoms. The SMILES string of the molecule is CC(c1ccc(S(N)(=O)=O)cc1)I(C)C. The molecule has 0 aliphatic carbocycles. The number of hydrogen-bond acceptors (Lipinski definition) is 2. The van der Waals surface area contributed by atoms with Crippen LogP contribution in [-0.4, -0.2) is 18.3 Å². The molecule has 0 saturated heterocycles. The Morgan fingerprint density at radius 2 is 1.67 bits per heavy atom. The van der Waals surface area contributed by atoms with Crippen LogP contribution in [0.25, 0.3) is 0 Å². The van der Waals surface area contributed by atoms with E-state index >= 15 is 0 Å². The molecule has 3 nitrogen and oxygen atoms in total. The van der Waals surface area contributed by atoms with Gasteiger partial charge in [-0.3, -0.25) is 0 Å². The van der Waals surface area contributed by atoms with Crippen molar-refractivity contribution >= 4 is 29.8 Å². The third kappa shape index (κ3) is 3.42. The number of primary sulfonamides is 1. The van der Waals surface area contributed by atoms with E-state index in [-0.39, 0.29) is 4.90 Å². The molecule has 0 bridgehead atoms. The topological polar surface area (TPSA) is 60.2 Å². The van der Waals surface area contributed by atoms with Gasteiger partial charge in [0.1, 0.15) is 0 Å². The number of hydrogen-bond donors (Lipinski definition) is 1. The van der Waals surface area contributed by atoms with E-state index in [2.05, 4.69) is 16.8 Å². The second-order valence-corrected chi connectivity index (χ2v) is 11.6. The van der Waals surface area contributed by atoms with E-state index in [1.807, 2.05) is 12.1 Å². The van der Waals surface area contributed by atoms with Crippen LogP contribution in [0.5, 0.6) is 0 Å². The minimum absolute atomic E-state index is 0.186. The summed E-state index contributed by atoms with van der Waals surface area (Å²) in [6, 6.07) is 6.89. The van der Waals surface area contributed by atoms with Gasteiger partial charge in [0.2, 0.25) is 0 Å². The summed E-state index contributed by atoms with van der Waals surface area (Å²) in [4.78, 5) is 4.77. The Morgan fingerprint density at radius 3 is 2.00 bits per heavy atom. The molecule has 1 aromatic carbocycles. The van der Waals surface area contributed by atoms with Crippen LogP contribution in [0.1, 0.15) is 16.4 Å². The predicted octanol–water partition coefficient (Wildman–Crippen LogP) is 2.16. The van der Waals surface area contributed by atoms with E-state index in [0.29, 0.717) is 3.92 Å². The van der Waals surface area contributed by atoms with Gasteiger partial charge >= 0.3 is 98.8 Å². The van der Waals surface area contributed by atoms with Crippen molar-refractivity contribution in [2.24, 2.45) is 5.14 Å². The molecule has 1 atom stereocenters. The Hall–Kier alpha value is -0.140. The molecule has 86 valence electrons. The average Bonchev–Trinajstić information content (AvgIpc) is 2.15. The van der Waals surface area contributed by atoms with Crippen molar-refractivity contribution in [2.75, 3.05) is 9.86 Å². The van der Waals surface area contributed by atoms with Gasteiger partial charge in [0.25, 0.3) is 0 Å². The summed E-state index contributed by atoms with van der Waals surface area (Å²) in [5.74, 6) is 0. The van der Waals surface area contributed by atoms with Crippen LogP contribution in [0.3, 0.4) is 0 Å². The molecular weight excluding hydrogens is 325 g/mol. The monoisotopic (exact) mass is 341 g/mol. The number of alkyl halides is 3. The Bertz CT molecular complexity index is 425. The molecular formula is C10H16INO2S. The number of benzene rings is 1. The quantitative estimate of drug-likeness (QED) is 0.677. The van der Waals surface area contributed by atoms with Crippen molar-refractivity contribution in [2.45, 2.75) is 15.7 Å². The van der Waals surface area contributed by atoms with Crippen molar-refractivity contribution in [1.29, 1.82) is 0 Å². The van der Waals surface area contributed by atoms with Crippen molar-refractivity contribution in [3.8, 4) is 0 Å². The van der Waals surface area contributed by atoms with Gasteiger partial charge in [0.05, 0.1) is 0 Å². The third-order valence-corrected chi connectivity index (χ3v) is 7.71. The van der Waals surface area contributed by atoms with E-state index < -0.39 is 29.8 Å². The number of sulfonamides is 1. The summed E-state index contributed by atoms with van der Waals surface area (Å²) < 4.78 is 22.6. The molecule has 0 fully saturated rings. The summed E-state index contributed by atoms with van der Waals surface area (Å²) in [6.45, 7) is 2.19. The Balaban J connectivity index is 3.01. The molecule has 0 saturated carbocycles. The third-order valence-electron chi connectivity index (χ3n) is 2.32. The maximum atomic E-state index is 11.0. The molecule has 15 heavy (non-hydrogen) atoms. The zero-order valence-corrected chi connectivity index (χ0v) is 12.0. The molecule has 0 heterocycles. The first kappa shape index (κ1) is 12.9. The van der Waals surface area contributed by atoms with E-state index in [4.69, 9.17) is 5.14 Å². The van der Waals surface area contributed by atoms with Crippen LogP contribution < -0.4 is 5.14 Å². The first-order valence-electron chi connectivity index (χ1n) is 4.43. The predicted molar refractivity (Wildman–Crippen MR) is 72.1 cm³/mol. The average molecular weight is 341 g/mol. The second-order valence-electron chi connectivity index (χ2n) is 3.54. The number of halogens is 1. The summed E-state index contributed by atoms with van der Waals surface area (Å²) >= 11 is -0.891. The van der Waals surface area contributed by atoms with Crippen molar-refractivity contribution in [3.05, 3.63) is 29.8 Å². The van der Waals surface area contributed by atoms with Gasteiger partial charge in [-0.15, -0.1) is 0 Å². The van der Waals surface area contributed by atoms with Crippen LogP contribution in [0.4, 0.5) is 0 Å². The summed E-state index contributed by atoms with van der Waals surface area (Å²) in [6.07, 6.45) is 0. The zero-order valence-electron chi connectivity index (χ0n) is 9.07. The fraction of sp³-hybridized carbons (Fsp3) is 0.400. The van der Waals surface area contributed by atoms with E-state index in [1.54, 1.807) is 12.1 Å². The van der Waals surface area contributed by atoms with Gasteiger partial charge < -0.3 is 0 Å². The zero-order chi connectivity index (χ0) is 11.6. The Morgan fingerprint density at radius 1 is 1.20 bits per heavy atom.